The van der Waals surface area contributed by atoms with Crippen molar-refractivity contribution < 1.29 is 4.42 Å². The molecular formula is C11H15N3O. The van der Waals surface area contributed by atoms with Crippen LogP contribution in [0.15, 0.2) is 29.1 Å². The van der Waals surface area contributed by atoms with Gasteiger partial charge in [-0.1, -0.05) is 0 Å². The summed E-state index contributed by atoms with van der Waals surface area (Å²) >= 11 is 0. The number of furan rings is 1. The number of nitrogens with zero attached hydrogens (tertiary/aromatic N) is 2. The molecule has 0 saturated heterocycles. The van der Waals surface area contributed by atoms with Crippen LogP contribution in [0.1, 0.15) is 17.2 Å². The number of aryl methyl sites for hydroxylation is 2. The van der Waals surface area contributed by atoms with Gasteiger partial charge in [-0.05, 0) is 19.1 Å². The first-order valence-corrected chi connectivity index (χ1v) is 4.97. The van der Waals surface area contributed by atoms with E-state index in [-0.39, 0.29) is 0 Å². The van der Waals surface area contributed by atoms with Gasteiger partial charge in [-0.15, -0.1) is 0 Å². The summed E-state index contributed by atoms with van der Waals surface area (Å²) in [5.41, 5.74) is 1.04. The molecule has 0 amide bonds. The lowest BCUT2D eigenvalue weighted by Gasteiger charge is -1.99. The summed E-state index contributed by atoms with van der Waals surface area (Å²) in [5.74, 6) is 1.91. The highest BCUT2D eigenvalue weighted by Crippen LogP contribution is 2.05. The number of rotatable bonds is 4. The van der Waals surface area contributed by atoms with Crippen LogP contribution in [-0.2, 0) is 20.1 Å². The molecule has 4 nitrogen and oxygen atoms in total. The summed E-state index contributed by atoms with van der Waals surface area (Å²) in [5, 5.41) is 3.28. The molecule has 2 aromatic heterocycles. The first-order chi connectivity index (χ1) is 7.24. The van der Waals surface area contributed by atoms with E-state index < -0.39 is 0 Å². The standard InChI is InChI=1S/C11H15N3O/c1-9-3-4-11(15-9)6-12-5-10-7-14(2)8-13-10/h3-4,7-8,12H,5-6H2,1-2H3. The van der Waals surface area contributed by atoms with Crippen molar-refractivity contribution in [2.45, 2.75) is 20.0 Å². The van der Waals surface area contributed by atoms with E-state index in [9.17, 15) is 0 Å². The average Bonchev–Trinajstić information content (AvgIpc) is 2.76. The van der Waals surface area contributed by atoms with Crippen LogP contribution in [0.25, 0.3) is 0 Å². The molecule has 80 valence electrons. The third kappa shape index (κ3) is 2.70. The summed E-state index contributed by atoms with van der Waals surface area (Å²) in [7, 11) is 1.96. The van der Waals surface area contributed by atoms with Crippen LogP contribution in [0.4, 0.5) is 0 Å². The van der Waals surface area contributed by atoms with Crippen LogP contribution in [0.5, 0.6) is 0 Å². The minimum Gasteiger partial charge on any atom is -0.465 e. The SMILES string of the molecule is Cc1ccc(CNCc2cn(C)cn2)o1. The molecule has 0 radical (unpaired) electrons. The Morgan fingerprint density at radius 2 is 2.27 bits per heavy atom. The van der Waals surface area contributed by atoms with Crippen LogP contribution in [0.2, 0.25) is 0 Å². The van der Waals surface area contributed by atoms with Crippen LogP contribution < -0.4 is 5.32 Å². The molecule has 4 heteroatoms. The lowest BCUT2D eigenvalue weighted by Crippen LogP contribution is -2.12. The largest absolute Gasteiger partial charge is 0.465 e. The molecule has 0 spiro atoms. The molecule has 0 aliphatic carbocycles. The molecule has 2 aromatic rings. The van der Waals surface area contributed by atoms with Gasteiger partial charge < -0.3 is 14.3 Å². The van der Waals surface area contributed by atoms with E-state index in [1.807, 2.05) is 36.9 Å². The van der Waals surface area contributed by atoms with Crippen molar-refractivity contribution in [1.29, 1.82) is 0 Å². The number of aromatic nitrogens is 2. The summed E-state index contributed by atoms with van der Waals surface area (Å²) < 4.78 is 7.38. The Labute approximate surface area is 88.9 Å². The van der Waals surface area contributed by atoms with E-state index in [0.29, 0.717) is 0 Å². The predicted molar refractivity (Wildman–Crippen MR) is 57.2 cm³/mol. The van der Waals surface area contributed by atoms with E-state index in [1.165, 1.54) is 0 Å². The highest BCUT2D eigenvalue weighted by atomic mass is 16.3. The van der Waals surface area contributed by atoms with Crippen molar-refractivity contribution in [3.63, 3.8) is 0 Å². The molecule has 2 rings (SSSR count). The van der Waals surface area contributed by atoms with Gasteiger partial charge >= 0.3 is 0 Å². The summed E-state index contributed by atoms with van der Waals surface area (Å²) in [6.45, 7) is 3.45. The molecule has 0 fully saturated rings. The quantitative estimate of drug-likeness (QED) is 0.824. The predicted octanol–water partition coefficient (Wildman–Crippen LogP) is 1.61. The second kappa shape index (κ2) is 4.31. The van der Waals surface area contributed by atoms with Gasteiger partial charge in [0.25, 0.3) is 0 Å². The first kappa shape index (κ1) is 9.98. The molecule has 0 bridgehead atoms. The lowest BCUT2D eigenvalue weighted by atomic mass is 10.4. The minimum atomic E-state index is 0.740. The normalized spacial score (nSPS) is 10.8. The molecule has 0 atom stereocenters. The molecule has 0 aliphatic rings. The third-order valence-corrected chi connectivity index (χ3v) is 2.16. The molecule has 0 aromatic carbocycles. The maximum Gasteiger partial charge on any atom is 0.117 e. The van der Waals surface area contributed by atoms with E-state index >= 15 is 0 Å². The van der Waals surface area contributed by atoms with Crippen molar-refractivity contribution in [3.05, 3.63) is 41.9 Å². The van der Waals surface area contributed by atoms with Crippen LogP contribution in [0.3, 0.4) is 0 Å². The Morgan fingerprint density at radius 3 is 2.87 bits per heavy atom. The van der Waals surface area contributed by atoms with Crippen LogP contribution in [-0.4, -0.2) is 9.55 Å². The van der Waals surface area contributed by atoms with E-state index in [1.54, 1.807) is 6.33 Å². The van der Waals surface area contributed by atoms with Gasteiger partial charge in [-0.3, -0.25) is 0 Å². The molecule has 0 unspecified atom stereocenters. The highest BCUT2D eigenvalue weighted by molar-refractivity contribution is 5.05. The number of hydrogen-bond acceptors (Lipinski definition) is 3. The monoisotopic (exact) mass is 205 g/mol. The lowest BCUT2D eigenvalue weighted by molar-refractivity contribution is 0.461. The molecule has 2 heterocycles. The zero-order valence-electron chi connectivity index (χ0n) is 9.03. The zero-order chi connectivity index (χ0) is 10.7. The minimum absolute atomic E-state index is 0.740. The second-order valence-electron chi connectivity index (χ2n) is 3.65. The fraction of sp³-hybridized carbons (Fsp3) is 0.364. The molecular weight excluding hydrogens is 190 g/mol. The second-order valence-corrected chi connectivity index (χ2v) is 3.65. The maximum atomic E-state index is 5.44. The fourth-order valence-electron chi connectivity index (χ4n) is 1.45. The summed E-state index contributed by atoms with van der Waals surface area (Å²) in [6, 6.07) is 3.96. The number of hydrogen-bond donors (Lipinski definition) is 1. The maximum absolute atomic E-state index is 5.44. The van der Waals surface area contributed by atoms with Crippen LogP contribution in [0, 0.1) is 6.92 Å². The molecule has 0 aliphatic heterocycles. The average molecular weight is 205 g/mol. The number of nitrogens with one attached hydrogen (secondary N) is 1. The Hall–Kier alpha value is -1.55. The molecule has 15 heavy (non-hydrogen) atoms. The topological polar surface area (TPSA) is 43.0 Å². The van der Waals surface area contributed by atoms with E-state index in [0.717, 1.165) is 30.3 Å². The number of imidazole rings is 1. The summed E-state index contributed by atoms with van der Waals surface area (Å²) in [6.07, 6.45) is 3.80. The Morgan fingerprint density at radius 1 is 1.40 bits per heavy atom. The summed E-state index contributed by atoms with van der Waals surface area (Å²) in [4.78, 5) is 4.22. The van der Waals surface area contributed by atoms with Gasteiger partial charge in [0.15, 0.2) is 0 Å². The van der Waals surface area contributed by atoms with Crippen molar-refractivity contribution in [2.24, 2.45) is 7.05 Å². The Kier molecular flexibility index (Phi) is 2.87. The van der Waals surface area contributed by atoms with Gasteiger partial charge in [-0.25, -0.2) is 4.98 Å². The zero-order valence-corrected chi connectivity index (χ0v) is 9.03. The highest BCUT2D eigenvalue weighted by Gasteiger charge is 1.99. The third-order valence-electron chi connectivity index (χ3n) is 2.16. The van der Waals surface area contributed by atoms with Gasteiger partial charge in [0, 0.05) is 19.8 Å². The van der Waals surface area contributed by atoms with Gasteiger partial charge in [0.2, 0.25) is 0 Å². The van der Waals surface area contributed by atoms with Crippen molar-refractivity contribution in [3.8, 4) is 0 Å². The van der Waals surface area contributed by atoms with E-state index in [2.05, 4.69) is 10.3 Å². The fourth-order valence-corrected chi connectivity index (χ4v) is 1.45. The van der Waals surface area contributed by atoms with Gasteiger partial charge in [0.05, 0.1) is 18.6 Å². The van der Waals surface area contributed by atoms with Crippen molar-refractivity contribution in [1.82, 2.24) is 14.9 Å². The van der Waals surface area contributed by atoms with Crippen molar-refractivity contribution >= 4 is 0 Å². The van der Waals surface area contributed by atoms with Crippen molar-refractivity contribution in [2.75, 3.05) is 0 Å². The van der Waals surface area contributed by atoms with Gasteiger partial charge in [-0.2, -0.15) is 0 Å². The Balaban J connectivity index is 1.80. The molecule has 1 N–H and O–H groups in total. The van der Waals surface area contributed by atoms with Crippen LogP contribution >= 0.6 is 0 Å². The smallest absolute Gasteiger partial charge is 0.117 e. The Bertz CT molecular complexity index is 390. The first-order valence-electron chi connectivity index (χ1n) is 4.97. The molecule has 0 saturated carbocycles. The van der Waals surface area contributed by atoms with E-state index in [4.69, 9.17) is 4.42 Å². The van der Waals surface area contributed by atoms with Gasteiger partial charge in [0.1, 0.15) is 11.5 Å².